The molecule has 0 nitrogen and oxygen atoms in total. The smallest absolute Gasteiger partial charge is 0.0635 e. The van der Waals surface area contributed by atoms with Crippen molar-refractivity contribution >= 4 is 5.43 Å². The van der Waals surface area contributed by atoms with Crippen molar-refractivity contribution < 1.29 is 48.1 Å². The van der Waals surface area contributed by atoms with Crippen molar-refractivity contribution in [3.63, 3.8) is 0 Å². The van der Waals surface area contributed by atoms with Gasteiger partial charge in [-0.25, -0.2) is 12.1 Å². The Bertz CT molecular complexity index is 1000. The van der Waals surface area contributed by atoms with Crippen molar-refractivity contribution in [1.29, 1.82) is 0 Å². The summed E-state index contributed by atoms with van der Waals surface area (Å²) in [6, 6.07) is 21.6. The third-order valence-electron chi connectivity index (χ3n) is 5.53. The summed E-state index contributed by atoms with van der Waals surface area (Å²) in [6.07, 6.45) is 1.03. The number of rotatable bonds is 0. The molecule has 0 aromatic heterocycles. The molecule has 4 heteroatoms. The molecule has 0 amide bonds. The first-order chi connectivity index (χ1) is 14.7. The molecule has 0 radical (unpaired) electrons. The van der Waals surface area contributed by atoms with Crippen LogP contribution in [-0.4, -0.2) is 5.43 Å². The summed E-state index contributed by atoms with van der Waals surface area (Å²) in [5, 5.41) is 0. The van der Waals surface area contributed by atoms with E-state index < -0.39 is 0 Å². The van der Waals surface area contributed by atoms with Crippen molar-refractivity contribution in [3.8, 4) is 11.1 Å². The zero-order chi connectivity index (χ0) is 24.3. The Morgan fingerprint density at radius 1 is 0.794 bits per heavy atom. The molecule has 0 saturated carbocycles. The Labute approximate surface area is 236 Å². The molecule has 0 saturated heterocycles. The molecule has 3 aromatic carbocycles. The van der Waals surface area contributed by atoms with E-state index in [1.165, 1.54) is 44.5 Å². The molecule has 184 valence electrons. The molecule has 0 bridgehead atoms. The zero-order valence-corrected chi connectivity index (χ0v) is 27.6. The molecule has 0 aliphatic heterocycles. The average Bonchev–Trinajstić information content (AvgIpc) is 3.21. The maximum absolute atomic E-state index is 3.67. The molecular weight excluding hydrogens is 551 g/mol. The van der Waals surface area contributed by atoms with Gasteiger partial charge in [0.2, 0.25) is 0 Å². The normalized spacial score (nSPS) is 11.4. The van der Waals surface area contributed by atoms with Crippen LogP contribution in [0.25, 0.3) is 11.1 Å². The van der Waals surface area contributed by atoms with E-state index in [0.717, 1.165) is 6.42 Å². The fourth-order valence-electron chi connectivity index (χ4n) is 3.75. The third kappa shape index (κ3) is 9.85. The van der Waals surface area contributed by atoms with Gasteiger partial charge in [0, 0.05) is 0 Å². The van der Waals surface area contributed by atoms with Crippen molar-refractivity contribution in [2.45, 2.75) is 85.7 Å². The number of aryl methyl sites for hydroxylation is 2. The van der Waals surface area contributed by atoms with Crippen LogP contribution in [0.3, 0.4) is 0 Å². The Hall–Kier alpha value is -0.530. The van der Waals surface area contributed by atoms with E-state index in [4.69, 9.17) is 0 Å². The molecule has 34 heavy (non-hydrogen) atoms. The SMILES string of the molecule is CC(C)(C)c1[c-]c2c(cc1)-c1ccc(C(C)(C)C)cc1C2.C[Si](C)=[Zr+2].Cc1ccc(C)[cH-]1.[Cl-].[Cl-]. The molecule has 4 rings (SSSR count). The Morgan fingerprint density at radius 2 is 1.29 bits per heavy atom. The van der Waals surface area contributed by atoms with Crippen molar-refractivity contribution in [2.75, 3.05) is 0 Å². The molecule has 0 unspecified atom stereocenters. The van der Waals surface area contributed by atoms with Crippen molar-refractivity contribution in [2.24, 2.45) is 0 Å². The number of hydrogen-bond acceptors (Lipinski definition) is 0. The topological polar surface area (TPSA) is 0 Å². The zero-order valence-electron chi connectivity index (χ0n) is 22.6. The second-order valence-electron chi connectivity index (χ2n) is 11.3. The van der Waals surface area contributed by atoms with E-state index in [1.54, 1.807) is 23.3 Å². The molecule has 3 aromatic rings. The predicted molar refractivity (Wildman–Crippen MR) is 140 cm³/mol. The molecule has 0 atom stereocenters. The Morgan fingerprint density at radius 3 is 1.71 bits per heavy atom. The van der Waals surface area contributed by atoms with Gasteiger partial charge in [-0.15, -0.1) is 11.1 Å². The van der Waals surface area contributed by atoms with Gasteiger partial charge in [0.25, 0.3) is 0 Å². The molecule has 1 aliphatic rings. The van der Waals surface area contributed by atoms with E-state index in [1.807, 2.05) is 0 Å². The maximum atomic E-state index is 3.67. The molecule has 0 spiro atoms. The minimum atomic E-state index is 0. The van der Waals surface area contributed by atoms with Gasteiger partial charge in [0.1, 0.15) is 0 Å². The Balaban J connectivity index is 0.000000702. The Kier molecular flexibility index (Phi) is 13.5. The van der Waals surface area contributed by atoms with E-state index in [-0.39, 0.29) is 41.1 Å². The minimum absolute atomic E-state index is 0. The fraction of sp³-hybridized carbons (Fsp3) is 0.433. The minimum Gasteiger partial charge on any atom is -1.00 e. The van der Waals surface area contributed by atoms with Gasteiger partial charge in [-0.1, -0.05) is 79.2 Å². The third-order valence-corrected chi connectivity index (χ3v) is 5.53. The van der Waals surface area contributed by atoms with Gasteiger partial charge in [-0.3, -0.25) is 0 Å². The quantitative estimate of drug-likeness (QED) is 0.218. The predicted octanol–water partition coefficient (Wildman–Crippen LogP) is 2.47. The van der Waals surface area contributed by atoms with Gasteiger partial charge in [-0.05, 0) is 28.4 Å². The van der Waals surface area contributed by atoms with Crippen LogP contribution in [0, 0.1) is 19.9 Å². The monoisotopic (exact) mass is 588 g/mol. The number of halogens is 2. The van der Waals surface area contributed by atoms with E-state index in [0.29, 0.717) is 0 Å². The fourth-order valence-corrected chi connectivity index (χ4v) is 3.75. The van der Waals surface area contributed by atoms with Crippen LogP contribution in [0.1, 0.15) is 74.9 Å². The van der Waals surface area contributed by atoms with Crippen molar-refractivity contribution in [3.05, 3.63) is 88.0 Å². The summed E-state index contributed by atoms with van der Waals surface area (Å²) in [6.45, 7) is 22.4. The van der Waals surface area contributed by atoms with E-state index in [2.05, 4.69) is 123 Å². The second-order valence-corrected chi connectivity index (χ2v) is 20.7. The molecule has 0 heterocycles. The standard InChI is InChI=1S/C21H25.C7H9.C2H6Si.2ClH.Zr/c1-20(2,3)16-7-9-18-14(12-16)11-15-13-17(21(4,5)6)8-10-19(15)18;1-6-3-4-7(2)5-6;1-3-2;;;/h7-10,12H,11H2,1-6H3;3-5H,1-2H3;1-2H3;2*1H;/q2*-1;;;;+2/p-2. The molecule has 0 fully saturated rings. The average molecular weight is 591 g/mol. The van der Waals surface area contributed by atoms with Crippen LogP contribution in [0.2, 0.25) is 13.1 Å². The summed E-state index contributed by atoms with van der Waals surface area (Å²) in [5.74, 6) is 0. The first-order valence-electron chi connectivity index (χ1n) is 11.6. The summed E-state index contributed by atoms with van der Waals surface area (Å²) < 4.78 is 0. The molecular formula is C30H40Cl2SiZr-2. The van der Waals surface area contributed by atoms with Crippen LogP contribution < -0.4 is 24.8 Å². The maximum Gasteiger partial charge on any atom is -0.0635 e. The number of hydrogen-bond donors (Lipinski definition) is 0. The number of benzene rings is 2. The summed E-state index contributed by atoms with van der Waals surface area (Å²) in [5.41, 5.74) is 11.6. The van der Waals surface area contributed by atoms with Gasteiger partial charge in [-0.2, -0.15) is 41.0 Å². The summed E-state index contributed by atoms with van der Waals surface area (Å²) in [4.78, 5) is 0. The van der Waals surface area contributed by atoms with Gasteiger partial charge < -0.3 is 24.8 Å². The largest absolute Gasteiger partial charge is 1.00 e. The summed E-state index contributed by atoms with van der Waals surface area (Å²) >= 11 is 1.74. The van der Waals surface area contributed by atoms with Crippen LogP contribution >= 0.6 is 0 Å². The van der Waals surface area contributed by atoms with Gasteiger partial charge in [0.15, 0.2) is 0 Å². The van der Waals surface area contributed by atoms with E-state index >= 15 is 0 Å². The first kappa shape index (κ1) is 33.5. The number of fused-ring (bicyclic) bond motifs is 3. The van der Waals surface area contributed by atoms with Gasteiger partial charge in [0.05, 0.1) is 0 Å². The van der Waals surface area contributed by atoms with Crippen molar-refractivity contribution in [1.82, 2.24) is 0 Å². The van der Waals surface area contributed by atoms with Crippen LogP contribution in [0.5, 0.6) is 0 Å². The van der Waals surface area contributed by atoms with Gasteiger partial charge >= 0.3 is 41.9 Å². The second kappa shape index (κ2) is 13.7. The van der Waals surface area contributed by atoms with Crippen LogP contribution in [0.4, 0.5) is 0 Å². The van der Waals surface area contributed by atoms with Crippen LogP contribution in [0.15, 0.2) is 48.5 Å². The molecule has 0 N–H and O–H groups in total. The van der Waals surface area contributed by atoms with Crippen LogP contribution in [-0.2, 0) is 40.6 Å². The summed E-state index contributed by atoms with van der Waals surface area (Å²) in [7, 11) is 0. The first-order valence-corrected chi connectivity index (χ1v) is 17.8. The van der Waals surface area contributed by atoms with E-state index in [9.17, 15) is 0 Å². The molecule has 1 aliphatic carbocycles.